The molecule has 2 N–H and O–H groups in total. The Morgan fingerprint density at radius 3 is 1.98 bits per heavy atom. The summed E-state index contributed by atoms with van der Waals surface area (Å²) in [6.07, 6.45) is -5.11. The number of halogens is 6. The van der Waals surface area contributed by atoms with E-state index in [9.17, 15) is 31.1 Å². The van der Waals surface area contributed by atoms with Crippen LogP contribution in [0.25, 0.3) is 0 Å². The van der Waals surface area contributed by atoms with Crippen LogP contribution in [0.3, 0.4) is 0 Å². The van der Waals surface area contributed by atoms with Crippen LogP contribution in [0.1, 0.15) is 86.1 Å². The molecule has 41 heavy (non-hydrogen) atoms. The van der Waals surface area contributed by atoms with Gasteiger partial charge in [0.25, 0.3) is 0 Å². The zero-order valence-corrected chi connectivity index (χ0v) is 26.2. The van der Waals surface area contributed by atoms with Crippen LogP contribution in [-0.2, 0) is 11.3 Å². The summed E-state index contributed by atoms with van der Waals surface area (Å²) in [5.41, 5.74) is 0.0795. The van der Waals surface area contributed by atoms with E-state index in [0.717, 1.165) is 42.9 Å². The molecule has 1 atom stereocenters. The van der Waals surface area contributed by atoms with Gasteiger partial charge in [-0.05, 0) is 32.8 Å². The number of nitrogens with one attached hydrogen (secondary N) is 2. The van der Waals surface area contributed by atoms with Gasteiger partial charge < -0.3 is 20.1 Å². The van der Waals surface area contributed by atoms with Crippen LogP contribution in [0.4, 0.5) is 26.3 Å². The number of para-hydroxylation sites is 1. The molecule has 0 saturated heterocycles. The van der Waals surface area contributed by atoms with Gasteiger partial charge in [0.05, 0.1) is 20.6 Å². The smallest absolute Gasteiger partial charge is 0.412 e. The predicted octanol–water partition coefficient (Wildman–Crippen LogP) is 8.93. The second kappa shape index (κ2) is 24.0. The molecule has 0 aliphatic heterocycles. The van der Waals surface area contributed by atoms with E-state index >= 15 is 0 Å². The van der Waals surface area contributed by atoms with Gasteiger partial charge in [0, 0.05) is 37.2 Å². The largest absolute Gasteiger partial charge is 0.493 e. The van der Waals surface area contributed by atoms with Crippen molar-refractivity contribution in [1.82, 2.24) is 10.6 Å². The fourth-order valence-electron chi connectivity index (χ4n) is 2.99. The zero-order valence-electron chi connectivity index (χ0n) is 26.2. The molecule has 240 valence electrons. The lowest BCUT2D eigenvalue weighted by molar-refractivity contribution is -0.125. The standard InChI is InChI=1S/C16H26N2O3.C9H10F6.C3H8.C2H6/c1-5-13(9-10-15(19)17-2)18-11-12-7-6-8-14(20-3)16(12)21-4;1-6(3-4-8(10,11)12)5-7(2)9(13,14)15;1-3-2;1-2/h6-8,13,18H,5,9-11H2,1-4H3,(H,17,19);3,5H,4H2,1-2H3;3H2,1-2H3;1-2H3/b;6-3-,7-5+;;/t13-;;;/m0.../s1. The number of rotatable bonds is 11. The highest BCUT2D eigenvalue weighted by Gasteiger charge is 2.30. The van der Waals surface area contributed by atoms with Crippen LogP contribution >= 0.6 is 0 Å². The molecule has 1 aromatic carbocycles. The summed E-state index contributed by atoms with van der Waals surface area (Å²) >= 11 is 0. The van der Waals surface area contributed by atoms with E-state index < -0.39 is 24.3 Å². The molecule has 1 aromatic rings. The number of benzene rings is 1. The summed E-state index contributed by atoms with van der Waals surface area (Å²) in [4.78, 5) is 11.3. The predicted molar refractivity (Wildman–Crippen MR) is 155 cm³/mol. The van der Waals surface area contributed by atoms with Crippen LogP contribution in [-0.4, -0.2) is 45.6 Å². The number of hydrogen-bond donors (Lipinski definition) is 2. The highest BCUT2D eigenvalue weighted by molar-refractivity contribution is 5.75. The van der Waals surface area contributed by atoms with Crippen molar-refractivity contribution in [2.45, 2.75) is 106 Å². The van der Waals surface area contributed by atoms with Crippen LogP contribution in [0.2, 0.25) is 0 Å². The molecule has 0 aliphatic carbocycles. The van der Waals surface area contributed by atoms with Gasteiger partial charge in [-0.15, -0.1) is 0 Å². The average molecular weight is 601 g/mol. The summed E-state index contributed by atoms with van der Waals surface area (Å²) in [5.74, 6) is 1.57. The molecular formula is C30H50F6N2O3. The molecule has 0 aromatic heterocycles. The minimum absolute atomic E-state index is 0.0536. The van der Waals surface area contributed by atoms with Gasteiger partial charge in [-0.2, -0.15) is 26.3 Å². The topological polar surface area (TPSA) is 59.6 Å². The number of amides is 1. The van der Waals surface area contributed by atoms with Crippen LogP contribution in [0.15, 0.2) is 41.5 Å². The molecule has 0 radical (unpaired) electrons. The van der Waals surface area contributed by atoms with Crippen LogP contribution in [0.5, 0.6) is 11.5 Å². The van der Waals surface area contributed by atoms with Crippen LogP contribution in [0, 0.1) is 0 Å². The van der Waals surface area contributed by atoms with Crippen LogP contribution < -0.4 is 20.1 Å². The maximum atomic E-state index is 12.0. The lowest BCUT2D eigenvalue weighted by Gasteiger charge is -2.18. The van der Waals surface area contributed by atoms with E-state index in [1.807, 2.05) is 32.0 Å². The molecule has 0 fully saturated rings. The number of hydrogen-bond acceptors (Lipinski definition) is 4. The molecule has 0 heterocycles. The Morgan fingerprint density at radius 1 is 1.00 bits per heavy atom. The molecule has 0 spiro atoms. The number of allylic oxidation sites excluding steroid dienone is 4. The quantitative estimate of drug-likeness (QED) is 0.197. The molecule has 5 nitrogen and oxygen atoms in total. The number of ether oxygens (including phenoxy) is 2. The van der Waals surface area contributed by atoms with Gasteiger partial charge in [-0.3, -0.25) is 4.79 Å². The van der Waals surface area contributed by atoms with E-state index in [1.54, 1.807) is 21.3 Å². The normalized spacial score (nSPS) is 12.4. The maximum Gasteiger partial charge on any atom is 0.412 e. The second-order valence-electron chi connectivity index (χ2n) is 8.65. The summed E-state index contributed by atoms with van der Waals surface area (Å²) < 4.78 is 81.7. The SMILES string of the molecule is CC.CC(=C/CC(F)(F)F)/C=C(\C)C(F)(F)F.CCC.CC[C@@H](CCC(=O)NC)NCc1cccc(OC)c1OC. The number of alkyl halides is 6. The molecule has 0 unspecified atom stereocenters. The molecular weight excluding hydrogens is 550 g/mol. The zero-order chi connectivity index (χ0) is 32.6. The van der Waals surface area contributed by atoms with Gasteiger partial charge in [-0.1, -0.05) is 70.9 Å². The summed E-state index contributed by atoms with van der Waals surface area (Å²) in [5, 5.41) is 6.12. The molecule has 0 aliphatic rings. The Morgan fingerprint density at radius 2 is 1.56 bits per heavy atom. The second-order valence-corrected chi connectivity index (χ2v) is 8.65. The van der Waals surface area contributed by atoms with E-state index in [0.29, 0.717) is 25.1 Å². The third-order valence-electron chi connectivity index (χ3n) is 5.10. The van der Waals surface area contributed by atoms with Crippen molar-refractivity contribution in [3.05, 3.63) is 47.1 Å². The first-order valence-corrected chi connectivity index (χ1v) is 13.7. The third-order valence-corrected chi connectivity index (χ3v) is 5.10. The van der Waals surface area contributed by atoms with Crippen molar-refractivity contribution in [3.63, 3.8) is 0 Å². The number of carbonyl (C=O) groups is 1. The molecule has 11 heteroatoms. The van der Waals surface area contributed by atoms with Gasteiger partial charge in [0.1, 0.15) is 0 Å². The van der Waals surface area contributed by atoms with Crippen molar-refractivity contribution < 1.29 is 40.6 Å². The molecule has 1 rings (SSSR count). The fraction of sp³-hybridized carbons (Fsp3) is 0.633. The van der Waals surface area contributed by atoms with Crippen molar-refractivity contribution >= 4 is 5.91 Å². The fourth-order valence-corrected chi connectivity index (χ4v) is 2.99. The van der Waals surface area contributed by atoms with E-state index in [1.165, 1.54) is 13.3 Å². The Bertz CT molecular complexity index is 882. The van der Waals surface area contributed by atoms with E-state index in [2.05, 4.69) is 31.4 Å². The first kappa shape index (κ1) is 42.8. The maximum absolute atomic E-state index is 12.0. The lowest BCUT2D eigenvalue weighted by Crippen LogP contribution is -2.30. The molecule has 0 bridgehead atoms. The third kappa shape index (κ3) is 22.7. The summed E-state index contributed by atoms with van der Waals surface area (Å²) in [6, 6.07) is 6.15. The van der Waals surface area contributed by atoms with Gasteiger partial charge in [0.15, 0.2) is 11.5 Å². The van der Waals surface area contributed by atoms with Crippen molar-refractivity contribution in [3.8, 4) is 11.5 Å². The van der Waals surface area contributed by atoms with Gasteiger partial charge >= 0.3 is 12.4 Å². The monoisotopic (exact) mass is 600 g/mol. The number of methoxy groups -OCH3 is 2. The minimum Gasteiger partial charge on any atom is -0.493 e. The first-order chi connectivity index (χ1) is 19.1. The molecule has 1 amide bonds. The Labute approximate surface area is 242 Å². The van der Waals surface area contributed by atoms with Crippen molar-refractivity contribution in [2.24, 2.45) is 0 Å². The Balaban J connectivity index is -0.000000633. The Hall–Kier alpha value is -2.69. The summed E-state index contributed by atoms with van der Waals surface area (Å²) in [7, 11) is 4.94. The lowest BCUT2D eigenvalue weighted by atomic mass is 10.1. The molecule has 0 saturated carbocycles. The van der Waals surface area contributed by atoms with E-state index in [4.69, 9.17) is 9.47 Å². The van der Waals surface area contributed by atoms with Gasteiger partial charge in [-0.25, -0.2) is 0 Å². The highest BCUT2D eigenvalue weighted by Crippen LogP contribution is 2.30. The van der Waals surface area contributed by atoms with E-state index in [-0.39, 0.29) is 11.5 Å². The van der Waals surface area contributed by atoms with Crippen molar-refractivity contribution in [2.75, 3.05) is 21.3 Å². The average Bonchev–Trinajstić information content (AvgIpc) is 2.92. The highest BCUT2D eigenvalue weighted by atomic mass is 19.4. The summed E-state index contributed by atoms with van der Waals surface area (Å²) in [6.45, 7) is 13.1. The number of carbonyl (C=O) groups excluding carboxylic acids is 1. The van der Waals surface area contributed by atoms with Crippen molar-refractivity contribution in [1.29, 1.82) is 0 Å². The first-order valence-electron chi connectivity index (χ1n) is 13.7. The van der Waals surface area contributed by atoms with Gasteiger partial charge in [0.2, 0.25) is 5.91 Å². The Kier molecular flexibility index (Phi) is 25.0. The minimum atomic E-state index is -4.49.